The minimum absolute atomic E-state index is 0.273. The number of rotatable bonds is 3. The molecular formula is C17H19NO4. The van der Waals surface area contributed by atoms with Crippen LogP contribution in [0.1, 0.15) is 54.0 Å². The first-order valence-electron chi connectivity index (χ1n) is 7.14. The maximum atomic E-state index is 12.1. The second kappa shape index (κ2) is 5.75. The molecule has 1 heterocycles. The molecule has 0 unspecified atom stereocenters. The lowest BCUT2D eigenvalue weighted by molar-refractivity contribution is -0.148. The number of esters is 1. The molecule has 0 aliphatic carbocycles. The quantitative estimate of drug-likeness (QED) is 0.489. The summed E-state index contributed by atoms with van der Waals surface area (Å²) in [4.78, 5) is 36.9. The molecule has 5 heteroatoms. The van der Waals surface area contributed by atoms with E-state index in [0.717, 1.165) is 0 Å². The van der Waals surface area contributed by atoms with Gasteiger partial charge in [-0.3, -0.25) is 14.5 Å². The van der Waals surface area contributed by atoms with E-state index in [-0.39, 0.29) is 11.8 Å². The summed E-state index contributed by atoms with van der Waals surface area (Å²) < 4.78 is 5.17. The van der Waals surface area contributed by atoms with E-state index in [1.807, 2.05) is 0 Å². The van der Waals surface area contributed by atoms with Gasteiger partial charge in [-0.2, -0.15) is 0 Å². The fourth-order valence-electron chi connectivity index (χ4n) is 2.20. The maximum absolute atomic E-state index is 12.1. The lowest BCUT2D eigenvalue weighted by Gasteiger charge is -2.17. The number of carbonyl (C=O) groups excluding carboxylic acids is 3. The molecule has 1 aromatic rings. The third-order valence-electron chi connectivity index (χ3n) is 3.13. The summed E-state index contributed by atoms with van der Waals surface area (Å²) in [5, 5.41) is 0. The van der Waals surface area contributed by atoms with Gasteiger partial charge in [-0.15, -0.1) is 0 Å². The van der Waals surface area contributed by atoms with Gasteiger partial charge in [0.1, 0.15) is 5.60 Å². The van der Waals surface area contributed by atoms with Gasteiger partial charge in [0.05, 0.1) is 11.1 Å². The Morgan fingerprint density at radius 2 is 1.82 bits per heavy atom. The van der Waals surface area contributed by atoms with Gasteiger partial charge in [0, 0.05) is 12.6 Å². The minimum Gasteiger partial charge on any atom is -0.457 e. The highest BCUT2D eigenvalue weighted by molar-refractivity contribution is 6.21. The van der Waals surface area contributed by atoms with E-state index in [1.165, 1.54) is 11.0 Å². The zero-order valence-electron chi connectivity index (χ0n) is 13.2. The SMILES string of the molecule is CCN1C(=O)c2ccc(/C=C/C(=O)OC(C)(C)C)cc2C1=O. The lowest BCUT2D eigenvalue weighted by Crippen LogP contribution is -2.29. The van der Waals surface area contributed by atoms with Crippen molar-refractivity contribution in [3.63, 3.8) is 0 Å². The third kappa shape index (κ3) is 3.24. The van der Waals surface area contributed by atoms with Crippen molar-refractivity contribution in [2.24, 2.45) is 0 Å². The van der Waals surface area contributed by atoms with Gasteiger partial charge in [-0.1, -0.05) is 6.07 Å². The van der Waals surface area contributed by atoms with Gasteiger partial charge in [0.2, 0.25) is 0 Å². The number of carbonyl (C=O) groups is 3. The van der Waals surface area contributed by atoms with Crippen molar-refractivity contribution in [1.29, 1.82) is 0 Å². The van der Waals surface area contributed by atoms with Crippen molar-refractivity contribution in [3.8, 4) is 0 Å². The van der Waals surface area contributed by atoms with Crippen LogP contribution in [0.3, 0.4) is 0 Å². The highest BCUT2D eigenvalue weighted by atomic mass is 16.6. The molecule has 0 saturated carbocycles. The largest absolute Gasteiger partial charge is 0.457 e. The monoisotopic (exact) mass is 301 g/mol. The Labute approximate surface area is 129 Å². The summed E-state index contributed by atoms with van der Waals surface area (Å²) in [5.41, 5.74) is 0.895. The molecule has 2 amide bonds. The topological polar surface area (TPSA) is 63.7 Å². The second-order valence-electron chi connectivity index (χ2n) is 6.03. The van der Waals surface area contributed by atoms with Crippen molar-refractivity contribution in [2.45, 2.75) is 33.3 Å². The third-order valence-corrected chi connectivity index (χ3v) is 3.13. The van der Waals surface area contributed by atoms with Crippen LogP contribution < -0.4 is 0 Å². The number of nitrogens with zero attached hydrogens (tertiary/aromatic N) is 1. The summed E-state index contributed by atoms with van der Waals surface area (Å²) in [6, 6.07) is 4.93. The molecular weight excluding hydrogens is 282 g/mol. The van der Waals surface area contributed by atoms with Gasteiger partial charge < -0.3 is 4.74 Å². The molecule has 1 aliphatic rings. The Morgan fingerprint density at radius 3 is 2.41 bits per heavy atom. The van der Waals surface area contributed by atoms with E-state index >= 15 is 0 Å². The van der Waals surface area contributed by atoms with E-state index in [4.69, 9.17) is 4.74 Å². The molecule has 0 radical (unpaired) electrons. The van der Waals surface area contributed by atoms with Crippen molar-refractivity contribution >= 4 is 23.9 Å². The molecule has 0 atom stereocenters. The van der Waals surface area contributed by atoms with Crippen LogP contribution in [-0.2, 0) is 9.53 Å². The predicted molar refractivity (Wildman–Crippen MR) is 82.4 cm³/mol. The Morgan fingerprint density at radius 1 is 1.18 bits per heavy atom. The second-order valence-corrected chi connectivity index (χ2v) is 6.03. The number of amides is 2. The minimum atomic E-state index is -0.552. The van der Waals surface area contributed by atoms with Gasteiger partial charge in [0.25, 0.3) is 11.8 Å². The van der Waals surface area contributed by atoms with Crippen LogP contribution in [0.2, 0.25) is 0 Å². The lowest BCUT2D eigenvalue weighted by atomic mass is 10.1. The standard InChI is InChI=1S/C17H19NO4/c1-5-18-15(20)12-8-6-11(10-13(12)16(18)21)7-9-14(19)22-17(2,3)4/h6-10H,5H2,1-4H3/b9-7+. The number of hydrogen-bond acceptors (Lipinski definition) is 4. The van der Waals surface area contributed by atoms with Crippen LogP contribution in [0.15, 0.2) is 24.3 Å². The van der Waals surface area contributed by atoms with Crippen molar-refractivity contribution in [2.75, 3.05) is 6.54 Å². The highest BCUT2D eigenvalue weighted by Gasteiger charge is 2.34. The molecule has 5 nitrogen and oxygen atoms in total. The molecule has 0 spiro atoms. The molecule has 22 heavy (non-hydrogen) atoms. The van der Waals surface area contributed by atoms with Crippen LogP contribution >= 0.6 is 0 Å². The van der Waals surface area contributed by atoms with Crippen molar-refractivity contribution in [3.05, 3.63) is 41.0 Å². The van der Waals surface area contributed by atoms with Gasteiger partial charge in [-0.25, -0.2) is 4.79 Å². The summed E-state index contributed by atoms with van der Waals surface area (Å²) in [6.07, 6.45) is 2.88. The van der Waals surface area contributed by atoms with Crippen molar-refractivity contribution < 1.29 is 19.1 Å². The molecule has 1 aliphatic heterocycles. The summed E-state index contributed by atoms with van der Waals surface area (Å²) >= 11 is 0. The maximum Gasteiger partial charge on any atom is 0.331 e. The van der Waals surface area contributed by atoms with Crippen LogP contribution in [0.25, 0.3) is 6.08 Å². The smallest absolute Gasteiger partial charge is 0.331 e. The highest BCUT2D eigenvalue weighted by Crippen LogP contribution is 2.24. The number of benzene rings is 1. The number of hydrogen-bond donors (Lipinski definition) is 0. The van der Waals surface area contributed by atoms with Crippen molar-refractivity contribution in [1.82, 2.24) is 4.90 Å². The van der Waals surface area contributed by atoms with Gasteiger partial charge in [0.15, 0.2) is 0 Å². The number of imide groups is 1. The zero-order valence-corrected chi connectivity index (χ0v) is 13.2. The fourth-order valence-corrected chi connectivity index (χ4v) is 2.20. The van der Waals surface area contributed by atoms with Crippen LogP contribution in [0, 0.1) is 0 Å². The average Bonchev–Trinajstić information content (AvgIpc) is 2.66. The first-order valence-corrected chi connectivity index (χ1v) is 7.14. The molecule has 0 N–H and O–H groups in total. The molecule has 116 valence electrons. The first kappa shape index (κ1) is 15.9. The Kier molecular flexibility index (Phi) is 4.17. The Balaban J connectivity index is 2.20. The van der Waals surface area contributed by atoms with E-state index in [2.05, 4.69) is 0 Å². The van der Waals surface area contributed by atoms with Crippen LogP contribution in [-0.4, -0.2) is 34.8 Å². The van der Waals surface area contributed by atoms with E-state index < -0.39 is 11.6 Å². The number of ether oxygens (including phenoxy) is 1. The number of fused-ring (bicyclic) bond motifs is 1. The van der Waals surface area contributed by atoms with E-state index in [1.54, 1.807) is 52.0 Å². The van der Waals surface area contributed by atoms with Crippen LogP contribution in [0.5, 0.6) is 0 Å². The molecule has 0 saturated heterocycles. The predicted octanol–water partition coefficient (Wildman–Crippen LogP) is 2.66. The summed E-state index contributed by atoms with van der Waals surface area (Å²) in [7, 11) is 0. The van der Waals surface area contributed by atoms with E-state index in [0.29, 0.717) is 23.2 Å². The Hall–Kier alpha value is -2.43. The van der Waals surface area contributed by atoms with Crippen LogP contribution in [0.4, 0.5) is 0 Å². The molecule has 1 aromatic carbocycles. The molecule has 0 fully saturated rings. The molecule has 0 aromatic heterocycles. The Bertz CT molecular complexity index is 668. The summed E-state index contributed by atoms with van der Waals surface area (Å²) in [6.45, 7) is 7.47. The fraction of sp³-hybridized carbons (Fsp3) is 0.353. The normalized spacial score (nSPS) is 14.6. The van der Waals surface area contributed by atoms with Gasteiger partial charge >= 0.3 is 5.97 Å². The molecule has 0 bridgehead atoms. The average molecular weight is 301 g/mol. The first-order chi connectivity index (χ1) is 10.2. The van der Waals surface area contributed by atoms with Gasteiger partial charge in [-0.05, 0) is 51.5 Å². The summed E-state index contributed by atoms with van der Waals surface area (Å²) in [5.74, 6) is -1.02. The van der Waals surface area contributed by atoms with E-state index in [9.17, 15) is 14.4 Å². The molecule has 2 rings (SSSR count). The zero-order chi connectivity index (χ0) is 16.5.